The predicted octanol–water partition coefficient (Wildman–Crippen LogP) is 5.35. The van der Waals surface area contributed by atoms with E-state index >= 15 is 0 Å². The molecule has 184 valence electrons. The Balaban J connectivity index is 0.000000273. The summed E-state index contributed by atoms with van der Waals surface area (Å²) in [6.07, 6.45) is 8.23. The summed E-state index contributed by atoms with van der Waals surface area (Å²) in [6, 6.07) is 2.94. The zero-order valence-electron chi connectivity index (χ0n) is 20.4. The van der Waals surface area contributed by atoms with Crippen molar-refractivity contribution in [3.8, 4) is 11.1 Å². The minimum Gasteiger partial charge on any atom is -0.254 e. The van der Waals surface area contributed by atoms with Crippen molar-refractivity contribution >= 4 is 10.0 Å². The Hall–Kier alpha value is -2.00. The smallest absolute Gasteiger partial charge is 0.254 e. The van der Waals surface area contributed by atoms with Crippen LogP contribution in [0.15, 0.2) is 30.7 Å². The SMILES string of the molecule is CC(C)(C)Cc1ncc(-c2ccc(C(C)(F)F)nc2)cn1.CC(C)CCNS(=O)(=O)C1CC1. The lowest BCUT2D eigenvalue weighted by molar-refractivity contribution is 0.0128. The fourth-order valence-electron chi connectivity index (χ4n) is 2.88. The summed E-state index contributed by atoms with van der Waals surface area (Å²) in [5, 5.41) is -0.0790. The van der Waals surface area contributed by atoms with Gasteiger partial charge in [-0.3, -0.25) is 4.98 Å². The molecule has 0 radical (unpaired) electrons. The average molecular weight is 483 g/mol. The molecular weight excluding hydrogens is 446 g/mol. The van der Waals surface area contributed by atoms with Crippen LogP contribution in [0.4, 0.5) is 8.78 Å². The quantitative estimate of drug-likeness (QED) is 0.548. The van der Waals surface area contributed by atoms with Gasteiger partial charge in [0.25, 0.3) is 5.92 Å². The van der Waals surface area contributed by atoms with Crippen molar-refractivity contribution in [2.24, 2.45) is 11.3 Å². The molecule has 1 N–H and O–H groups in total. The Labute approximate surface area is 196 Å². The molecule has 0 unspecified atom stereocenters. The Morgan fingerprint density at radius 3 is 2.00 bits per heavy atom. The molecule has 0 bridgehead atoms. The Morgan fingerprint density at radius 2 is 1.58 bits per heavy atom. The number of hydrogen-bond acceptors (Lipinski definition) is 5. The first-order chi connectivity index (χ1) is 15.2. The maximum atomic E-state index is 13.1. The first kappa shape index (κ1) is 27.2. The van der Waals surface area contributed by atoms with Gasteiger partial charge in [-0.2, -0.15) is 8.78 Å². The Morgan fingerprint density at radius 1 is 1.00 bits per heavy atom. The molecule has 1 aliphatic rings. The summed E-state index contributed by atoms with van der Waals surface area (Å²) in [4.78, 5) is 12.5. The third-order valence-corrected chi connectivity index (χ3v) is 6.88. The molecule has 3 rings (SSSR count). The Bertz CT molecular complexity index is 977. The van der Waals surface area contributed by atoms with Gasteiger partial charge in [0, 0.05) is 49.6 Å². The first-order valence-electron chi connectivity index (χ1n) is 11.3. The van der Waals surface area contributed by atoms with Gasteiger partial charge in [-0.15, -0.1) is 0 Å². The largest absolute Gasteiger partial charge is 0.286 e. The highest BCUT2D eigenvalue weighted by Gasteiger charge is 2.35. The van der Waals surface area contributed by atoms with Crippen molar-refractivity contribution in [1.29, 1.82) is 0 Å². The molecule has 2 aromatic rings. The topological polar surface area (TPSA) is 84.8 Å². The molecule has 0 amide bonds. The predicted molar refractivity (Wildman–Crippen MR) is 127 cm³/mol. The number of sulfonamides is 1. The number of hydrogen-bond donors (Lipinski definition) is 1. The van der Waals surface area contributed by atoms with E-state index < -0.39 is 15.9 Å². The van der Waals surface area contributed by atoms with Crippen LogP contribution < -0.4 is 4.72 Å². The van der Waals surface area contributed by atoms with Crippen LogP contribution in [0.3, 0.4) is 0 Å². The van der Waals surface area contributed by atoms with Crippen LogP contribution in [0.2, 0.25) is 0 Å². The van der Waals surface area contributed by atoms with Crippen LogP contribution in [0, 0.1) is 11.3 Å². The maximum Gasteiger partial charge on any atom is 0.286 e. The number of halogens is 2. The average Bonchev–Trinajstić information content (AvgIpc) is 3.53. The highest BCUT2D eigenvalue weighted by Crippen LogP contribution is 2.28. The fraction of sp³-hybridized carbons (Fsp3) is 0.625. The van der Waals surface area contributed by atoms with E-state index in [-0.39, 0.29) is 16.4 Å². The van der Waals surface area contributed by atoms with Crippen molar-refractivity contribution < 1.29 is 17.2 Å². The van der Waals surface area contributed by atoms with Gasteiger partial charge in [0.05, 0.1) is 5.25 Å². The number of alkyl halides is 2. The van der Waals surface area contributed by atoms with Crippen LogP contribution in [-0.4, -0.2) is 35.2 Å². The monoisotopic (exact) mass is 482 g/mol. The second kappa shape index (κ2) is 11.0. The van der Waals surface area contributed by atoms with E-state index in [0.717, 1.165) is 49.6 Å². The summed E-state index contributed by atoms with van der Waals surface area (Å²) in [6.45, 7) is 12.0. The molecule has 0 atom stereocenters. The molecule has 1 fully saturated rings. The Kier molecular flexibility index (Phi) is 9.04. The molecule has 9 heteroatoms. The molecule has 0 spiro atoms. The van der Waals surface area contributed by atoms with E-state index in [1.807, 2.05) is 0 Å². The molecule has 6 nitrogen and oxygen atoms in total. The van der Waals surface area contributed by atoms with E-state index in [1.54, 1.807) is 18.5 Å². The van der Waals surface area contributed by atoms with Crippen LogP contribution in [0.1, 0.15) is 72.3 Å². The van der Waals surface area contributed by atoms with Gasteiger partial charge in [-0.1, -0.05) is 40.7 Å². The molecule has 2 aromatic heterocycles. The number of rotatable bonds is 8. The van der Waals surface area contributed by atoms with E-state index in [2.05, 4.69) is 54.3 Å². The van der Waals surface area contributed by atoms with Crippen LogP contribution in [-0.2, 0) is 22.4 Å². The van der Waals surface area contributed by atoms with Crippen molar-refractivity contribution in [1.82, 2.24) is 19.7 Å². The number of pyridine rings is 1. The lowest BCUT2D eigenvalue weighted by Crippen LogP contribution is -2.28. The third kappa shape index (κ3) is 9.80. The summed E-state index contributed by atoms with van der Waals surface area (Å²) in [5.41, 5.74) is 1.38. The van der Waals surface area contributed by atoms with Gasteiger partial charge in [0.2, 0.25) is 10.0 Å². The summed E-state index contributed by atoms with van der Waals surface area (Å²) in [7, 11) is -2.93. The van der Waals surface area contributed by atoms with Crippen LogP contribution in [0.25, 0.3) is 11.1 Å². The highest BCUT2D eigenvalue weighted by molar-refractivity contribution is 7.90. The van der Waals surface area contributed by atoms with Crippen molar-refractivity contribution in [2.45, 2.75) is 78.4 Å². The second-order valence-electron chi connectivity index (χ2n) is 10.3. The highest BCUT2D eigenvalue weighted by atomic mass is 32.2. The number of nitrogens with zero attached hydrogens (tertiary/aromatic N) is 3. The summed E-state index contributed by atoms with van der Waals surface area (Å²) >= 11 is 0. The van der Waals surface area contributed by atoms with E-state index in [1.165, 1.54) is 12.3 Å². The van der Waals surface area contributed by atoms with E-state index in [9.17, 15) is 17.2 Å². The standard InChI is InChI=1S/C16H19F2N3.C8H17NO2S/c1-15(2,3)7-14-20-9-12(10-21-14)11-5-6-13(19-8-11)16(4,17)18;1-7(2)5-6-9-12(10,11)8-3-4-8/h5-6,8-10H,7H2,1-4H3;7-9H,3-6H2,1-2H3. The van der Waals surface area contributed by atoms with Gasteiger partial charge >= 0.3 is 0 Å². The van der Waals surface area contributed by atoms with Crippen molar-refractivity contribution in [3.63, 3.8) is 0 Å². The number of aromatic nitrogens is 3. The fourth-order valence-corrected chi connectivity index (χ4v) is 4.27. The van der Waals surface area contributed by atoms with Gasteiger partial charge < -0.3 is 0 Å². The zero-order chi connectivity index (χ0) is 24.9. The van der Waals surface area contributed by atoms with Crippen molar-refractivity contribution in [2.75, 3.05) is 6.54 Å². The van der Waals surface area contributed by atoms with Crippen LogP contribution >= 0.6 is 0 Å². The summed E-state index contributed by atoms with van der Waals surface area (Å²) < 4.78 is 51.4. The number of nitrogens with one attached hydrogen (secondary N) is 1. The summed E-state index contributed by atoms with van der Waals surface area (Å²) in [5.74, 6) is -1.59. The minimum absolute atomic E-state index is 0.0790. The van der Waals surface area contributed by atoms with Gasteiger partial charge in [0.15, 0.2) is 0 Å². The molecule has 33 heavy (non-hydrogen) atoms. The molecule has 0 aliphatic heterocycles. The lowest BCUT2D eigenvalue weighted by Gasteiger charge is -2.16. The molecule has 2 heterocycles. The maximum absolute atomic E-state index is 13.1. The van der Waals surface area contributed by atoms with Crippen molar-refractivity contribution in [3.05, 3.63) is 42.2 Å². The molecule has 0 aromatic carbocycles. The minimum atomic E-state index is -2.93. The lowest BCUT2D eigenvalue weighted by atomic mass is 9.92. The molecule has 0 saturated heterocycles. The van der Waals surface area contributed by atoms with E-state index in [0.29, 0.717) is 12.5 Å². The van der Waals surface area contributed by atoms with Gasteiger partial charge in [0.1, 0.15) is 11.5 Å². The molecular formula is C24H36F2N4O2S. The van der Waals surface area contributed by atoms with Gasteiger partial charge in [-0.25, -0.2) is 23.1 Å². The molecule has 1 saturated carbocycles. The first-order valence-corrected chi connectivity index (χ1v) is 12.9. The van der Waals surface area contributed by atoms with Gasteiger partial charge in [-0.05, 0) is 36.7 Å². The van der Waals surface area contributed by atoms with E-state index in [4.69, 9.17) is 0 Å². The normalized spacial score (nSPS) is 14.7. The molecule has 1 aliphatic carbocycles. The third-order valence-electron chi connectivity index (χ3n) is 4.93. The zero-order valence-corrected chi connectivity index (χ0v) is 21.2. The second-order valence-corrected chi connectivity index (χ2v) is 12.3. The van der Waals surface area contributed by atoms with Crippen LogP contribution in [0.5, 0.6) is 0 Å².